The van der Waals surface area contributed by atoms with Crippen molar-refractivity contribution in [3.63, 3.8) is 0 Å². The van der Waals surface area contributed by atoms with Crippen LogP contribution >= 0.6 is 0 Å². The van der Waals surface area contributed by atoms with Gasteiger partial charge in [-0.3, -0.25) is 4.79 Å². The largest absolute Gasteiger partial charge is 0.495 e. The van der Waals surface area contributed by atoms with Crippen molar-refractivity contribution in [1.82, 2.24) is 4.98 Å². The van der Waals surface area contributed by atoms with Crippen molar-refractivity contribution in [1.29, 1.82) is 5.26 Å². The van der Waals surface area contributed by atoms with E-state index in [1.54, 1.807) is 6.07 Å². The second kappa shape index (κ2) is 3.87. The van der Waals surface area contributed by atoms with Crippen LogP contribution in [0, 0.1) is 11.3 Å². The van der Waals surface area contributed by atoms with Crippen LogP contribution in [0.15, 0.2) is 11.0 Å². The Bertz CT molecular complexity index is 434. The number of aromatic amines is 1. The number of alkyl halides is 2. The number of ether oxygens (including phenoxy) is 1. The first-order valence-corrected chi connectivity index (χ1v) is 3.59. The van der Waals surface area contributed by atoms with Crippen LogP contribution in [0.1, 0.15) is 17.6 Å². The summed E-state index contributed by atoms with van der Waals surface area (Å²) < 4.78 is 29.4. The lowest BCUT2D eigenvalue weighted by atomic mass is 10.2. The fourth-order valence-corrected chi connectivity index (χ4v) is 1.03. The molecule has 4 nitrogen and oxygen atoms in total. The summed E-state index contributed by atoms with van der Waals surface area (Å²) in [7, 11) is 1.13. The molecule has 0 radical (unpaired) electrons. The van der Waals surface area contributed by atoms with Crippen molar-refractivity contribution in [3.8, 4) is 11.8 Å². The number of hydrogen-bond donors (Lipinski definition) is 1. The minimum Gasteiger partial charge on any atom is -0.495 e. The number of hydrogen-bond acceptors (Lipinski definition) is 3. The number of aromatic nitrogens is 1. The van der Waals surface area contributed by atoms with Gasteiger partial charge in [0.15, 0.2) is 5.75 Å². The molecule has 1 aromatic rings. The molecule has 1 N–H and O–H groups in total. The van der Waals surface area contributed by atoms with Gasteiger partial charge in [-0.05, 0) is 0 Å². The average Bonchev–Trinajstić information content (AvgIpc) is 2.16. The molecule has 0 fully saturated rings. The van der Waals surface area contributed by atoms with Crippen LogP contribution in [0.2, 0.25) is 0 Å². The van der Waals surface area contributed by atoms with Crippen LogP contribution in [-0.4, -0.2) is 12.1 Å². The van der Waals surface area contributed by atoms with E-state index in [0.29, 0.717) is 0 Å². The summed E-state index contributed by atoms with van der Waals surface area (Å²) in [6.07, 6.45) is -1.94. The lowest BCUT2D eigenvalue weighted by Gasteiger charge is -2.07. The third-order valence-electron chi connectivity index (χ3n) is 1.62. The molecular formula is C8H6F2N2O2. The highest BCUT2D eigenvalue weighted by atomic mass is 19.3. The second-order valence-electron chi connectivity index (χ2n) is 2.39. The van der Waals surface area contributed by atoms with Gasteiger partial charge in [0.05, 0.1) is 7.11 Å². The molecule has 14 heavy (non-hydrogen) atoms. The molecule has 0 spiro atoms. The number of pyridine rings is 1. The van der Waals surface area contributed by atoms with E-state index in [9.17, 15) is 13.6 Å². The van der Waals surface area contributed by atoms with Gasteiger partial charge in [0, 0.05) is 6.20 Å². The van der Waals surface area contributed by atoms with Gasteiger partial charge in [0.25, 0.3) is 12.0 Å². The zero-order valence-corrected chi connectivity index (χ0v) is 7.17. The van der Waals surface area contributed by atoms with Gasteiger partial charge >= 0.3 is 0 Å². The molecule has 1 aromatic heterocycles. The first-order valence-electron chi connectivity index (χ1n) is 3.59. The Morgan fingerprint density at radius 3 is 2.71 bits per heavy atom. The number of rotatable bonds is 2. The van der Waals surface area contributed by atoms with Crippen LogP contribution in [0.3, 0.4) is 0 Å². The summed E-state index contributed by atoms with van der Waals surface area (Å²) in [5.41, 5.74) is -1.88. The SMILES string of the molecule is COc1c(C#N)c[nH]c(=O)c1C(F)F. The first kappa shape index (κ1) is 10.2. The highest BCUT2D eigenvalue weighted by Crippen LogP contribution is 2.27. The van der Waals surface area contributed by atoms with Crippen molar-refractivity contribution in [2.24, 2.45) is 0 Å². The minimum absolute atomic E-state index is 0.123. The Hall–Kier alpha value is -1.90. The Morgan fingerprint density at radius 2 is 2.29 bits per heavy atom. The van der Waals surface area contributed by atoms with E-state index < -0.39 is 17.5 Å². The van der Waals surface area contributed by atoms with Crippen LogP contribution in [-0.2, 0) is 0 Å². The number of nitrogens with zero attached hydrogens (tertiary/aromatic N) is 1. The smallest absolute Gasteiger partial charge is 0.272 e. The molecule has 0 amide bonds. The van der Waals surface area contributed by atoms with Crippen molar-refractivity contribution >= 4 is 0 Å². The molecule has 0 atom stereocenters. The summed E-state index contributed by atoms with van der Waals surface area (Å²) in [5.74, 6) is -0.369. The molecule has 1 heterocycles. The number of nitriles is 1. The molecule has 6 heteroatoms. The zero-order valence-electron chi connectivity index (χ0n) is 7.17. The number of halogens is 2. The molecule has 0 unspecified atom stereocenters. The average molecular weight is 200 g/mol. The van der Waals surface area contributed by atoms with Gasteiger partial charge in [-0.15, -0.1) is 0 Å². The summed E-state index contributed by atoms with van der Waals surface area (Å²) in [6.45, 7) is 0. The summed E-state index contributed by atoms with van der Waals surface area (Å²) >= 11 is 0. The van der Waals surface area contributed by atoms with Gasteiger partial charge in [-0.25, -0.2) is 8.78 Å². The quantitative estimate of drug-likeness (QED) is 0.779. The molecule has 0 saturated carbocycles. The lowest BCUT2D eigenvalue weighted by molar-refractivity contribution is 0.145. The Morgan fingerprint density at radius 1 is 1.64 bits per heavy atom. The van der Waals surface area contributed by atoms with E-state index in [2.05, 4.69) is 4.74 Å². The summed E-state index contributed by atoms with van der Waals surface area (Å²) in [4.78, 5) is 13.0. The molecule has 1 rings (SSSR count). The molecule has 0 saturated heterocycles. The molecule has 0 bridgehead atoms. The maximum absolute atomic E-state index is 12.4. The monoisotopic (exact) mass is 200 g/mol. The van der Waals surface area contributed by atoms with E-state index >= 15 is 0 Å². The second-order valence-corrected chi connectivity index (χ2v) is 2.39. The normalized spacial score (nSPS) is 9.93. The zero-order chi connectivity index (χ0) is 10.7. The first-order chi connectivity index (χ1) is 6.61. The van der Waals surface area contributed by atoms with Crippen LogP contribution in [0.5, 0.6) is 5.75 Å². The fourth-order valence-electron chi connectivity index (χ4n) is 1.03. The minimum atomic E-state index is -2.97. The molecule has 0 aliphatic heterocycles. The van der Waals surface area contributed by atoms with E-state index in [1.165, 1.54) is 0 Å². The van der Waals surface area contributed by atoms with Crippen LogP contribution in [0.4, 0.5) is 8.78 Å². The third kappa shape index (κ3) is 1.57. The Labute approximate surface area is 77.7 Å². The van der Waals surface area contributed by atoms with Crippen molar-refractivity contribution in [2.45, 2.75) is 6.43 Å². The van der Waals surface area contributed by atoms with Gasteiger partial charge in [-0.1, -0.05) is 0 Å². The Kier molecular flexibility index (Phi) is 2.82. The van der Waals surface area contributed by atoms with Gasteiger partial charge in [0.2, 0.25) is 0 Å². The number of methoxy groups -OCH3 is 1. The van der Waals surface area contributed by atoms with Crippen molar-refractivity contribution in [3.05, 3.63) is 27.7 Å². The van der Waals surface area contributed by atoms with Gasteiger partial charge in [0.1, 0.15) is 17.2 Å². The van der Waals surface area contributed by atoms with Crippen molar-refractivity contribution in [2.75, 3.05) is 7.11 Å². The van der Waals surface area contributed by atoms with Gasteiger partial charge in [-0.2, -0.15) is 5.26 Å². The highest BCUT2D eigenvalue weighted by Gasteiger charge is 2.21. The van der Waals surface area contributed by atoms with Crippen molar-refractivity contribution < 1.29 is 13.5 Å². The number of nitrogens with one attached hydrogen (secondary N) is 1. The highest BCUT2D eigenvalue weighted by molar-refractivity contribution is 5.46. The maximum atomic E-state index is 12.4. The van der Waals surface area contributed by atoms with E-state index in [1.807, 2.05) is 4.98 Å². The maximum Gasteiger partial charge on any atom is 0.272 e. The molecule has 0 aliphatic rings. The van der Waals surface area contributed by atoms with Crippen LogP contribution in [0.25, 0.3) is 0 Å². The molecule has 0 aromatic carbocycles. The number of H-pyrrole nitrogens is 1. The molecule has 74 valence electrons. The van der Waals surface area contributed by atoms with E-state index in [4.69, 9.17) is 5.26 Å². The predicted molar refractivity (Wildman–Crippen MR) is 43.3 cm³/mol. The summed E-state index contributed by atoms with van der Waals surface area (Å²) in [5, 5.41) is 8.55. The predicted octanol–water partition coefficient (Wildman–Crippen LogP) is 1.19. The van der Waals surface area contributed by atoms with E-state index in [0.717, 1.165) is 13.3 Å². The summed E-state index contributed by atoms with van der Waals surface area (Å²) in [6, 6.07) is 1.64. The topological polar surface area (TPSA) is 65.9 Å². The molecule has 0 aliphatic carbocycles. The fraction of sp³-hybridized carbons (Fsp3) is 0.250. The third-order valence-corrected chi connectivity index (χ3v) is 1.62. The van der Waals surface area contributed by atoms with Crippen LogP contribution < -0.4 is 10.3 Å². The molecular weight excluding hydrogens is 194 g/mol. The standard InChI is InChI=1S/C8H6F2N2O2/c1-14-6-4(2-11)3-12-8(13)5(6)7(9)10/h3,7H,1H3,(H,12,13). The van der Waals surface area contributed by atoms with Gasteiger partial charge < -0.3 is 9.72 Å². The van der Waals surface area contributed by atoms with E-state index in [-0.39, 0.29) is 11.3 Å². The Balaban J connectivity index is 3.53. The lowest BCUT2D eigenvalue weighted by Crippen LogP contribution is -2.15.